The SMILES string of the molecule is Cc1ccc(C(NC(=O)CN(C)C2CCS(=O)(=O)C2)c2cccs2)cc1. The number of nitrogens with zero attached hydrogens (tertiary/aromatic N) is 1. The molecule has 2 aromatic rings. The van der Waals surface area contributed by atoms with Gasteiger partial charge < -0.3 is 5.32 Å². The van der Waals surface area contributed by atoms with Crippen molar-refractivity contribution in [2.45, 2.75) is 25.4 Å². The van der Waals surface area contributed by atoms with Gasteiger partial charge in [-0.3, -0.25) is 9.69 Å². The maximum Gasteiger partial charge on any atom is 0.234 e. The molecular formula is C19H24N2O3S2. The fraction of sp³-hybridized carbons (Fsp3) is 0.421. The monoisotopic (exact) mass is 392 g/mol. The van der Waals surface area contributed by atoms with Gasteiger partial charge in [0, 0.05) is 10.9 Å². The number of benzene rings is 1. The van der Waals surface area contributed by atoms with Gasteiger partial charge >= 0.3 is 0 Å². The van der Waals surface area contributed by atoms with Crippen molar-refractivity contribution in [2.75, 3.05) is 25.1 Å². The van der Waals surface area contributed by atoms with Crippen LogP contribution in [0.4, 0.5) is 0 Å². The third kappa shape index (κ3) is 4.72. The van der Waals surface area contributed by atoms with Gasteiger partial charge in [0.2, 0.25) is 5.91 Å². The van der Waals surface area contributed by atoms with Crippen LogP contribution in [0.3, 0.4) is 0 Å². The Kier molecular flexibility index (Phi) is 5.79. The maximum absolute atomic E-state index is 12.6. The van der Waals surface area contributed by atoms with Crippen LogP contribution in [-0.2, 0) is 14.6 Å². The fourth-order valence-electron chi connectivity index (χ4n) is 3.22. The zero-order valence-corrected chi connectivity index (χ0v) is 16.6. The van der Waals surface area contributed by atoms with E-state index < -0.39 is 9.84 Å². The summed E-state index contributed by atoms with van der Waals surface area (Å²) in [6, 6.07) is 11.9. The van der Waals surface area contributed by atoms with E-state index in [0.29, 0.717) is 6.42 Å². The Balaban J connectivity index is 1.69. The van der Waals surface area contributed by atoms with Crippen molar-refractivity contribution in [1.29, 1.82) is 0 Å². The summed E-state index contributed by atoms with van der Waals surface area (Å²) in [5.74, 6) is 0.254. The van der Waals surface area contributed by atoms with E-state index >= 15 is 0 Å². The molecule has 1 aromatic carbocycles. The highest BCUT2D eigenvalue weighted by Crippen LogP contribution is 2.26. The lowest BCUT2D eigenvalue weighted by atomic mass is 10.0. The molecule has 0 spiro atoms. The lowest BCUT2D eigenvalue weighted by Crippen LogP contribution is -2.42. The molecule has 0 saturated carbocycles. The Labute approximate surface area is 159 Å². The second-order valence-corrected chi connectivity index (χ2v) is 10.1. The number of likely N-dealkylation sites (N-methyl/N-ethyl adjacent to an activating group) is 1. The summed E-state index contributed by atoms with van der Waals surface area (Å²) in [7, 11) is -1.14. The Morgan fingerprint density at radius 1 is 1.31 bits per heavy atom. The molecular weight excluding hydrogens is 368 g/mol. The van der Waals surface area contributed by atoms with E-state index in [1.165, 1.54) is 5.56 Å². The molecule has 1 N–H and O–H groups in total. The summed E-state index contributed by atoms with van der Waals surface area (Å²) in [4.78, 5) is 15.5. The van der Waals surface area contributed by atoms with Crippen molar-refractivity contribution in [3.05, 3.63) is 57.8 Å². The number of carbonyl (C=O) groups is 1. The molecule has 1 amide bonds. The minimum Gasteiger partial charge on any atom is -0.343 e. The number of sulfone groups is 1. The topological polar surface area (TPSA) is 66.5 Å². The predicted octanol–water partition coefficient (Wildman–Crippen LogP) is 2.38. The van der Waals surface area contributed by atoms with Crippen LogP contribution in [0.2, 0.25) is 0 Å². The highest BCUT2D eigenvalue weighted by molar-refractivity contribution is 7.91. The Bertz CT molecular complexity index is 845. The smallest absolute Gasteiger partial charge is 0.234 e. The first-order valence-electron chi connectivity index (χ1n) is 8.64. The minimum atomic E-state index is -2.95. The van der Waals surface area contributed by atoms with E-state index in [1.807, 2.05) is 60.6 Å². The van der Waals surface area contributed by atoms with Gasteiger partial charge in [0.25, 0.3) is 0 Å². The van der Waals surface area contributed by atoms with Crippen LogP contribution in [0.5, 0.6) is 0 Å². The Hall–Kier alpha value is -1.70. The van der Waals surface area contributed by atoms with Crippen molar-refractivity contribution in [3.8, 4) is 0 Å². The molecule has 26 heavy (non-hydrogen) atoms. The number of hydrogen-bond donors (Lipinski definition) is 1. The van der Waals surface area contributed by atoms with Crippen molar-refractivity contribution in [2.24, 2.45) is 0 Å². The normalized spacial score (nSPS) is 20.2. The van der Waals surface area contributed by atoms with E-state index in [0.717, 1.165) is 10.4 Å². The van der Waals surface area contributed by atoms with Gasteiger partial charge in [-0.15, -0.1) is 11.3 Å². The molecule has 0 bridgehead atoms. The Morgan fingerprint density at radius 3 is 2.62 bits per heavy atom. The summed E-state index contributed by atoms with van der Waals surface area (Å²) in [6.07, 6.45) is 0.596. The average molecular weight is 393 g/mol. The highest BCUT2D eigenvalue weighted by Gasteiger charge is 2.31. The number of thiophene rings is 1. The molecule has 2 unspecified atom stereocenters. The molecule has 2 heterocycles. The van der Waals surface area contributed by atoms with Crippen LogP contribution >= 0.6 is 11.3 Å². The summed E-state index contributed by atoms with van der Waals surface area (Å²) in [5.41, 5.74) is 2.21. The highest BCUT2D eigenvalue weighted by atomic mass is 32.2. The van der Waals surface area contributed by atoms with Crippen LogP contribution in [0.15, 0.2) is 41.8 Å². The standard InChI is InChI=1S/C19H24N2O3S2/c1-14-5-7-15(8-6-14)19(17-4-3-10-25-17)20-18(22)12-21(2)16-9-11-26(23,24)13-16/h3-8,10,16,19H,9,11-13H2,1-2H3,(H,20,22). The number of carbonyl (C=O) groups excluding carboxylic acids is 1. The molecule has 1 aliphatic heterocycles. The fourth-order valence-corrected chi connectivity index (χ4v) is 5.83. The lowest BCUT2D eigenvalue weighted by Gasteiger charge is -2.24. The molecule has 5 nitrogen and oxygen atoms in total. The predicted molar refractivity (Wildman–Crippen MR) is 105 cm³/mol. The van der Waals surface area contributed by atoms with Gasteiger partial charge in [0.1, 0.15) is 0 Å². The van der Waals surface area contributed by atoms with Gasteiger partial charge in [-0.05, 0) is 37.4 Å². The van der Waals surface area contributed by atoms with Gasteiger partial charge in [-0.2, -0.15) is 0 Å². The van der Waals surface area contributed by atoms with Gasteiger partial charge in [0.05, 0.1) is 24.1 Å². The minimum absolute atomic E-state index is 0.0784. The van der Waals surface area contributed by atoms with Crippen LogP contribution in [-0.4, -0.2) is 50.4 Å². The second kappa shape index (κ2) is 7.90. The molecule has 3 rings (SSSR count). The van der Waals surface area contributed by atoms with Crippen molar-refractivity contribution >= 4 is 27.1 Å². The summed E-state index contributed by atoms with van der Waals surface area (Å²) in [6.45, 7) is 2.22. The summed E-state index contributed by atoms with van der Waals surface area (Å²) in [5, 5.41) is 5.11. The van der Waals surface area contributed by atoms with Gasteiger partial charge in [0.15, 0.2) is 9.84 Å². The molecule has 2 atom stereocenters. The molecule has 1 aliphatic rings. The van der Waals surface area contributed by atoms with Gasteiger partial charge in [-0.25, -0.2) is 8.42 Å². The largest absolute Gasteiger partial charge is 0.343 e. The van der Waals surface area contributed by atoms with Crippen molar-refractivity contribution < 1.29 is 13.2 Å². The quantitative estimate of drug-likeness (QED) is 0.820. The summed E-state index contributed by atoms with van der Waals surface area (Å²) >= 11 is 1.61. The van der Waals surface area contributed by atoms with Crippen LogP contribution in [0.1, 0.15) is 28.5 Å². The van der Waals surface area contributed by atoms with Crippen molar-refractivity contribution in [1.82, 2.24) is 10.2 Å². The lowest BCUT2D eigenvalue weighted by molar-refractivity contribution is -0.122. The van der Waals surface area contributed by atoms with E-state index in [9.17, 15) is 13.2 Å². The zero-order valence-electron chi connectivity index (χ0n) is 15.0. The molecule has 0 radical (unpaired) electrons. The third-order valence-electron chi connectivity index (χ3n) is 4.77. The third-order valence-corrected chi connectivity index (χ3v) is 7.46. The van der Waals surface area contributed by atoms with Crippen LogP contribution in [0.25, 0.3) is 0 Å². The van der Waals surface area contributed by atoms with Crippen molar-refractivity contribution in [3.63, 3.8) is 0 Å². The molecule has 1 aromatic heterocycles. The number of hydrogen-bond acceptors (Lipinski definition) is 5. The van der Waals surface area contributed by atoms with Gasteiger partial charge in [-0.1, -0.05) is 35.9 Å². The number of rotatable bonds is 6. The van der Waals surface area contributed by atoms with E-state index in [2.05, 4.69) is 5.32 Å². The first kappa shape index (κ1) is 19.1. The molecule has 0 aliphatic carbocycles. The van der Waals surface area contributed by atoms with E-state index in [1.54, 1.807) is 11.3 Å². The number of amides is 1. The van der Waals surface area contributed by atoms with E-state index in [-0.39, 0.29) is 36.0 Å². The number of nitrogens with one attached hydrogen (secondary N) is 1. The zero-order chi connectivity index (χ0) is 18.7. The maximum atomic E-state index is 12.6. The van der Waals surface area contributed by atoms with E-state index in [4.69, 9.17) is 0 Å². The molecule has 7 heteroatoms. The molecule has 1 saturated heterocycles. The molecule has 1 fully saturated rings. The Morgan fingerprint density at radius 2 is 2.04 bits per heavy atom. The average Bonchev–Trinajstić information content (AvgIpc) is 3.23. The second-order valence-electron chi connectivity index (χ2n) is 6.90. The first-order chi connectivity index (χ1) is 12.3. The molecule has 140 valence electrons. The first-order valence-corrected chi connectivity index (χ1v) is 11.3. The van der Waals surface area contributed by atoms with Crippen LogP contribution < -0.4 is 5.32 Å². The van der Waals surface area contributed by atoms with Crippen LogP contribution in [0, 0.1) is 6.92 Å². The number of aryl methyl sites for hydroxylation is 1. The summed E-state index contributed by atoms with van der Waals surface area (Å²) < 4.78 is 23.3.